The Bertz CT molecular complexity index is 216. The molecule has 0 aromatic carbocycles. The highest BCUT2D eigenvalue weighted by atomic mass is 16.4. The minimum Gasteiger partial charge on any atom is -0.479 e. The summed E-state index contributed by atoms with van der Waals surface area (Å²) in [5.74, 6) is -1.25. The molecular weight excluding hydrogens is 158 g/mol. The van der Waals surface area contributed by atoms with Crippen LogP contribution in [0.1, 0.15) is 27.2 Å². The zero-order valence-corrected chi connectivity index (χ0v) is 7.50. The molecular formula is C8H13NO3. The highest BCUT2D eigenvalue weighted by molar-refractivity contribution is 5.79. The predicted molar refractivity (Wildman–Crippen MR) is 43.6 cm³/mol. The lowest BCUT2D eigenvalue weighted by molar-refractivity contribution is -0.144. The molecule has 0 radical (unpaired) electrons. The summed E-state index contributed by atoms with van der Waals surface area (Å²) in [5, 5.41) is 8.79. The molecule has 0 rings (SSSR count). The molecule has 0 aliphatic heterocycles. The number of carboxylic acids is 1. The third-order valence-electron chi connectivity index (χ3n) is 2.28. The third kappa shape index (κ3) is 1.92. The maximum absolute atomic E-state index is 10.7. The third-order valence-corrected chi connectivity index (χ3v) is 2.28. The van der Waals surface area contributed by atoms with E-state index in [9.17, 15) is 9.59 Å². The molecule has 0 unspecified atom stereocenters. The Balaban J connectivity index is 4.85. The smallest absolute Gasteiger partial charge is 0.332 e. The number of carboxylic acid groups (broad SMARTS) is 1. The Morgan fingerprint density at radius 2 is 2.25 bits per heavy atom. The molecule has 4 heteroatoms. The van der Waals surface area contributed by atoms with Crippen LogP contribution in [-0.2, 0) is 9.59 Å². The quantitative estimate of drug-likeness (QED) is 0.510. The van der Waals surface area contributed by atoms with Crippen molar-refractivity contribution in [1.29, 1.82) is 0 Å². The largest absolute Gasteiger partial charge is 0.479 e. The van der Waals surface area contributed by atoms with Gasteiger partial charge >= 0.3 is 5.97 Å². The van der Waals surface area contributed by atoms with Gasteiger partial charge in [0.2, 0.25) is 6.08 Å². The zero-order chi connectivity index (χ0) is 9.78. The monoisotopic (exact) mass is 171 g/mol. The fraction of sp³-hybridized carbons (Fsp3) is 0.750. The van der Waals surface area contributed by atoms with Gasteiger partial charge in [-0.2, -0.15) is 4.99 Å². The van der Waals surface area contributed by atoms with Crippen molar-refractivity contribution < 1.29 is 14.7 Å². The number of carbonyl (C=O) groups excluding carboxylic acids is 1. The van der Waals surface area contributed by atoms with Crippen molar-refractivity contribution in [3.63, 3.8) is 0 Å². The summed E-state index contributed by atoms with van der Waals surface area (Å²) < 4.78 is 0. The fourth-order valence-corrected chi connectivity index (χ4v) is 0.861. The second-order valence-corrected chi connectivity index (χ2v) is 2.97. The van der Waals surface area contributed by atoms with Crippen molar-refractivity contribution >= 4 is 12.0 Å². The number of aliphatic carboxylic acids is 1. The van der Waals surface area contributed by atoms with Crippen LogP contribution in [0.15, 0.2) is 4.99 Å². The normalized spacial score (nSPS) is 17.2. The van der Waals surface area contributed by atoms with Gasteiger partial charge in [0, 0.05) is 0 Å². The summed E-state index contributed by atoms with van der Waals surface area (Å²) in [6, 6.07) is 0. The summed E-state index contributed by atoms with van der Waals surface area (Å²) in [4.78, 5) is 24.1. The molecule has 0 aromatic rings. The molecule has 0 aliphatic carbocycles. The number of isocyanates is 1. The molecule has 4 nitrogen and oxygen atoms in total. The van der Waals surface area contributed by atoms with Crippen molar-refractivity contribution in [3.05, 3.63) is 0 Å². The van der Waals surface area contributed by atoms with Crippen molar-refractivity contribution in [2.75, 3.05) is 0 Å². The van der Waals surface area contributed by atoms with Crippen LogP contribution in [0.25, 0.3) is 0 Å². The molecule has 0 heterocycles. The molecule has 2 atom stereocenters. The summed E-state index contributed by atoms with van der Waals surface area (Å²) in [6.45, 7) is 5.02. The van der Waals surface area contributed by atoms with Crippen LogP contribution >= 0.6 is 0 Å². The van der Waals surface area contributed by atoms with Crippen molar-refractivity contribution in [2.45, 2.75) is 32.7 Å². The number of hydrogen-bond acceptors (Lipinski definition) is 3. The van der Waals surface area contributed by atoms with Crippen LogP contribution in [0.4, 0.5) is 0 Å². The highest BCUT2D eigenvalue weighted by Gasteiger charge is 2.38. The lowest BCUT2D eigenvalue weighted by atomic mass is 9.86. The van der Waals surface area contributed by atoms with E-state index in [1.807, 2.05) is 6.92 Å². The number of carbonyl (C=O) groups is 1. The molecule has 0 aliphatic rings. The number of aliphatic imine (C=N–C) groups is 1. The Hall–Kier alpha value is -1.15. The Kier molecular flexibility index (Phi) is 3.64. The molecule has 1 N–H and O–H groups in total. The van der Waals surface area contributed by atoms with Crippen LogP contribution in [0, 0.1) is 5.92 Å². The maximum Gasteiger partial charge on any atom is 0.332 e. The van der Waals surface area contributed by atoms with E-state index in [1.54, 1.807) is 6.92 Å². The molecule has 68 valence electrons. The Morgan fingerprint density at radius 1 is 1.75 bits per heavy atom. The van der Waals surface area contributed by atoms with E-state index in [2.05, 4.69) is 4.99 Å². The van der Waals surface area contributed by atoms with Gasteiger partial charge in [-0.1, -0.05) is 20.3 Å². The van der Waals surface area contributed by atoms with Gasteiger partial charge in [-0.25, -0.2) is 9.59 Å². The van der Waals surface area contributed by atoms with Crippen molar-refractivity contribution in [1.82, 2.24) is 0 Å². The van der Waals surface area contributed by atoms with Crippen LogP contribution < -0.4 is 0 Å². The van der Waals surface area contributed by atoms with Crippen molar-refractivity contribution in [3.8, 4) is 0 Å². The van der Waals surface area contributed by atoms with Gasteiger partial charge in [-0.3, -0.25) is 0 Å². The van der Waals surface area contributed by atoms with Crippen LogP contribution in [0.5, 0.6) is 0 Å². The first-order valence-electron chi connectivity index (χ1n) is 3.81. The molecule has 0 fully saturated rings. The summed E-state index contributed by atoms with van der Waals surface area (Å²) in [6.07, 6.45) is 1.96. The van der Waals surface area contributed by atoms with E-state index in [-0.39, 0.29) is 5.92 Å². The maximum atomic E-state index is 10.7. The van der Waals surface area contributed by atoms with E-state index < -0.39 is 11.5 Å². The van der Waals surface area contributed by atoms with Gasteiger partial charge < -0.3 is 5.11 Å². The Labute approximate surface area is 71.3 Å². The SMILES string of the molecule is CC[C@H](C)[C@](C)(N=C=O)C(=O)O. The Morgan fingerprint density at radius 3 is 2.50 bits per heavy atom. The molecule has 0 saturated carbocycles. The lowest BCUT2D eigenvalue weighted by Gasteiger charge is -2.24. The van der Waals surface area contributed by atoms with Crippen LogP contribution in [0.3, 0.4) is 0 Å². The first-order valence-corrected chi connectivity index (χ1v) is 3.81. The molecule has 0 aromatic heterocycles. The topological polar surface area (TPSA) is 66.7 Å². The standard InChI is InChI=1S/C8H13NO3/c1-4-6(2)8(3,7(11)12)9-5-10/h6H,4H2,1-3H3,(H,11,12)/t6-,8-/m0/s1. The van der Waals surface area contributed by atoms with E-state index in [4.69, 9.17) is 5.11 Å². The van der Waals surface area contributed by atoms with E-state index >= 15 is 0 Å². The predicted octanol–water partition coefficient (Wildman–Crippen LogP) is 1.21. The van der Waals surface area contributed by atoms with E-state index in [1.165, 1.54) is 13.0 Å². The molecule has 0 saturated heterocycles. The highest BCUT2D eigenvalue weighted by Crippen LogP contribution is 2.24. The second-order valence-electron chi connectivity index (χ2n) is 2.97. The second kappa shape index (κ2) is 4.02. The van der Waals surface area contributed by atoms with Gasteiger partial charge in [0.15, 0.2) is 5.54 Å². The van der Waals surface area contributed by atoms with Gasteiger partial charge in [-0.15, -0.1) is 0 Å². The van der Waals surface area contributed by atoms with Gasteiger partial charge in [0.25, 0.3) is 0 Å². The van der Waals surface area contributed by atoms with Gasteiger partial charge in [-0.05, 0) is 12.8 Å². The average Bonchev–Trinajstić information content (AvgIpc) is 2.03. The first kappa shape index (κ1) is 10.8. The van der Waals surface area contributed by atoms with Crippen LogP contribution in [-0.4, -0.2) is 22.7 Å². The zero-order valence-electron chi connectivity index (χ0n) is 7.50. The first-order chi connectivity index (χ1) is 5.49. The van der Waals surface area contributed by atoms with Gasteiger partial charge in [0.05, 0.1) is 0 Å². The summed E-state index contributed by atoms with van der Waals surface area (Å²) >= 11 is 0. The molecule has 0 spiro atoms. The number of nitrogens with zero attached hydrogens (tertiary/aromatic N) is 1. The molecule has 0 amide bonds. The van der Waals surface area contributed by atoms with Gasteiger partial charge in [0.1, 0.15) is 0 Å². The molecule has 12 heavy (non-hydrogen) atoms. The van der Waals surface area contributed by atoms with E-state index in [0.717, 1.165) is 0 Å². The fourth-order valence-electron chi connectivity index (χ4n) is 0.861. The minimum atomic E-state index is -1.32. The number of hydrogen-bond donors (Lipinski definition) is 1. The van der Waals surface area contributed by atoms with E-state index in [0.29, 0.717) is 6.42 Å². The lowest BCUT2D eigenvalue weighted by Crippen LogP contribution is -2.39. The average molecular weight is 171 g/mol. The summed E-state index contributed by atoms with van der Waals surface area (Å²) in [5.41, 5.74) is -1.32. The van der Waals surface area contributed by atoms with Crippen molar-refractivity contribution in [2.24, 2.45) is 10.9 Å². The minimum absolute atomic E-state index is 0.170. The molecule has 0 bridgehead atoms. The summed E-state index contributed by atoms with van der Waals surface area (Å²) in [7, 11) is 0. The number of rotatable bonds is 4. The van der Waals surface area contributed by atoms with Crippen LogP contribution in [0.2, 0.25) is 0 Å².